The molecule has 0 aliphatic carbocycles. The summed E-state index contributed by atoms with van der Waals surface area (Å²) in [6.45, 7) is 0.896. The molecule has 0 saturated carbocycles. The van der Waals surface area contributed by atoms with Crippen LogP contribution in [0.15, 0.2) is 12.1 Å². The topological polar surface area (TPSA) is 21.3 Å². The highest BCUT2D eigenvalue weighted by molar-refractivity contribution is 5.63. The standard InChI is InChI=1S/C10H12FNO/c1-13-10-8(11)5-4-7-3-2-6-12-9(7)10/h4-5,12H,2-3,6H2,1H3. The third-order valence-electron chi connectivity index (χ3n) is 2.32. The maximum Gasteiger partial charge on any atom is 0.177 e. The zero-order chi connectivity index (χ0) is 9.26. The van der Waals surface area contributed by atoms with Crippen LogP contribution in [0.25, 0.3) is 0 Å². The highest BCUT2D eigenvalue weighted by Gasteiger charge is 2.16. The van der Waals surface area contributed by atoms with Gasteiger partial charge in [-0.2, -0.15) is 0 Å². The molecule has 70 valence electrons. The second kappa shape index (κ2) is 3.24. The van der Waals surface area contributed by atoms with Gasteiger partial charge in [-0.05, 0) is 24.5 Å². The van der Waals surface area contributed by atoms with Crippen molar-refractivity contribution in [2.24, 2.45) is 0 Å². The Hall–Kier alpha value is -1.25. The average Bonchev–Trinajstić information content (AvgIpc) is 2.18. The number of benzene rings is 1. The molecule has 0 bridgehead atoms. The number of ether oxygens (including phenoxy) is 1. The molecule has 1 aliphatic heterocycles. The maximum absolute atomic E-state index is 13.2. The summed E-state index contributed by atoms with van der Waals surface area (Å²) in [7, 11) is 1.50. The van der Waals surface area contributed by atoms with Gasteiger partial charge < -0.3 is 10.1 Å². The van der Waals surface area contributed by atoms with Crippen molar-refractivity contribution in [2.45, 2.75) is 12.8 Å². The molecular weight excluding hydrogens is 169 g/mol. The number of hydrogen-bond donors (Lipinski definition) is 1. The van der Waals surface area contributed by atoms with Crippen LogP contribution in [0.1, 0.15) is 12.0 Å². The van der Waals surface area contributed by atoms with Gasteiger partial charge in [0.15, 0.2) is 11.6 Å². The van der Waals surface area contributed by atoms with Gasteiger partial charge in [0, 0.05) is 6.54 Å². The van der Waals surface area contributed by atoms with Crippen molar-refractivity contribution in [1.82, 2.24) is 0 Å². The Morgan fingerprint density at radius 2 is 2.31 bits per heavy atom. The molecule has 0 fully saturated rings. The first kappa shape index (κ1) is 8.35. The molecule has 0 aromatic heterocycles. The normalized spacial score (nSPS) is 14.6. The summed E-state index contributed by atoms with van der Waals surface area (Å²) in [6.07, 6.45) is 2.10. The van der Waals surface area contributed by atoms with Crippen molar-refractivity contribution in [3.8, 4) is 5.75 Å². The summed E-state index contributed by atoms with van der Waals surface area (Å²) >= 11 is 0. The van der Waals surface area contributed by atoms with Crippen LogP contribution < -0.4 is 10.1 Å². The number of hydrogen-bond acceptors (Lipinski definition) is 2. The fraction of sp³-hybridized carbons (Fsp3) is 0.400. The lowest BCUT2D eigenvalue weighted by atomic mass is 10.0. The molecule has 1 aliphatic rings. The molecule has 0 spiro atoms. The van der Waals surface area contributed by atoms with Crippen LogP contribution in [0.2, 0.25) is 0 Å². The SMILES string of the molecule is COc1c(F)ccc2c1NCCC2. The summed E-state index contributed by atoms with van der Waals surface area (Å²) in [4.78, 5) is 0. The van der Waals surface area contributed by atoms with Gasteiger partial charge in [-0.3, -0.25) is 0 Å². The van der Waals surface area contributed by atoms with E-state index in [0.29, 0.717) is 5.75 Å². The average molecular weight is 181 g/mol. The molecule has 0 saturated heterocycles. The van der Waals surface area contributed by atoms with Gasteiger partial charge in [-0.25, -0.2) is 4.39 Å². The van der Waals surface area contributed by atoms with Gasteiger partial charge in [0.1, 0.15) is 0 Å². The van der Waals surface area contributed by atoms with E-state index in [2.05, 4.69) is 5.32 Å². The summed E-state index contributed by atoms with van der Waals surface area (Å²) in [5.41, 5.74) is 1.97. The summed E-state index contributed by atoms with van der Waals surface area (Å²) < 4.78 is 18.2. The summed E-state index contributed by atoms with van der Waals surface area (Å²) in [6, 6.07) is 3.28. The van der Waals surface area contributed by atoms with Crippen LogP contribution in [-0.2, 0) is 6.42 Å². The van der Waals surface area contributed by atoms with Crippen LogP contribution in [0.3, 0.4) is 0 Å². The number of anilines is 1. The molecule has 1 aromatic carbocycles. The first-order valence-electron chi connectivity index (χ1n) is 4.42. The fourth-order valence-corrected chi connectivity index (χ4v) is 1.69. The molecule has 0 unspecified atom stereocenters. The van der Waals surface area contributed by atoms with Crippen LogP contribution in [0.5, 0.6) is 5.75 Å². The van der Waals surface area contributed by atoms with E-state index in [4.69, 9.17) is 4.74 Å². The molecule has 1 N–H and O–H groups in total. The third kappa shape index (κ3) is 1.34. The lowest BCUT2D eigenvalue weighted by molar-refractivity contribution is 0.387. The summed E-state index contributed by atoms with van der Waals surface area (Å²) in [5.74, 6) is 0.0489. The van der Waals surface area contributed by atoms with E-state index in [1.807, 2.05) is 6.07 Å². The number of methoxy groups -OCH3 is 1. The van der Waals surface area contributed by atoms with Gasteiger partial charge in [-0.1, -0.05) is 6.07 Å². The number of halogens is 1. The molecule has 1 aromatic rings. The second-order valence-corrected chi connectivity index (χ2v) is 3.15. The zero-order valence-corrected chi connectivity index (χ0v) is 7.56. The summed E-state index contributed by atoms with van der Waals surface area (Å²) in [5, 5.41) is 3.16. The molecule has 1 heterocycles. The minimum absolute atomic E-state index is 0.296. The molecule has 3 heteroatoms. The Morgan fingerprint density at radius 1 is 1.46 bits per heavy atom. The van der Waals surface area contributed by atoms with Gasteiger partial charge in [-0.15, -0.1) is 0 Å². The maximum atomic E-state index is 13.2. The Labute approximate surface area is 76.7 Å². The monoisotopic (exact) mass is 181 g/mol. The first-order valence-corrected chi connectivity index (χ1v) is 4.42. The Balaban J connectivity index is 2.52. The number of nitrogens with one attached hydrogen (secondary N) is 1. The van der Waals surface area contributed by atoms with Crippen LogP contribution in [-0.4, -0.2) is 13.7 Å². The number of rotatable bonds is 1. The van der Waals surface area contributed by atoms with E-state index in [1.54, 1.807) is 0 Å². The lowest BCUT2D eigenvalue weighted by Gasteiger charge is -2.20. The predicted molar refractivity (Wildman–Crippen MR) is 49.8 cm³/mol. The minimum Gasteiger partial charge on any atom is -0.492 e. The highest BCUT2D eigenvalue weighted by atomic mass is 19.1. The molecule has 0 atom stereocenters. The quantitative estimate of drug-likeness (QED) is 0.717. The Bertz CT molecular complexity index is 325. The largest absolute Gasteiger partial charge is 0.492 e. The van der Waals surface area contributed by atoms with Crippen molar-refractivity contribution >= 4 is 5.69 Å². The van der Waals surface area contributed by atoms with Crippen LogP contribution in [0.4, 0.5) is 10.1 Å². The number of aryl methyl sites for hydroxylation is 1. The lowest BCUT2D eigenvalue weighted by Crippen LogP contribution is -2.13. The van der Waals surface area contributed by atoms with Gasteiger partial charge in [0.25, 0.3) is 0 Å². The molecule has 13 heavy (non-hydrogen) atoms. The Kier molecular flexibility index (Phi) is 2.08. The highest BCUT2D eigenvalue weighted by Crippen LogP contribution is 2.34. The molecule has 0 amide bonds. The first-order chi connectivity index (χ1) is 6.33. The predicted octanol–water partition coefficient (Wildman–Crippen LogP) is 2.19. The van der Waals surface area contributed by atoms with Gasteiger partial charge in [0.2, 0.25) is 0 Å². The van der Waals surface area contributed by atoms with Crippen molar-refractivity contribution in [2.75, 3.05) is 19.0 Å². The molecule has 0 radical (unpaired) electrons. The van der Waals surface area contributed by atoms with E-state index in [-0.39, 0.29) is 5.82 Å². The smallest absolute Gasteiger partial charge is 0.177 e. The van der Waals surface area contributed by atoms with E-state index < -0.39 is 0 Å². The second-order valence-electron chi connectivity index (χ2n) is 3.15. The van der Waals surface area contributed by atoms with E-state index >= 15 is 0 Å². The number of fused-ring (bicyclic) bond motifs is 1. The van der Waals surface area contributed by atoms with E-state index in [0.717, 1.165) is 30.6 Å². The van der Waals surface area contributed by atoms with Crippen LogP contribution >= 0.6 is 0 Å². The van der Waals surface area contributed by atoms with Gasteiger partial charge in [0.05, 0.1) is 12.8 Å². The zero-order valence-electron chi connectivity index (χ0n) is 7.56. The van der Waals surface area contributed by atoms with E-state index in [9.17, 15) is 4.39 Å². The van der Waals surface area contributed by atoms with Crippen molar-refractivity contribution in [1.29, 1.82) is 0 Å². The van der Waals surface area contributed by atoms with Gasteiger partial charge >= 0.3 is 0 Å². The van der Waals surface area contributed by atoms with Crippen molar-refractivity contribution in [3.05, 3.63) is 23.5 Å². The third-order valence-corrected chi connectivity index (χ3v) is 2.32. The van der Waals surface area contributed by atoms with Crippen LogP contribution in [0, 0.1) is 5.82 Å². The molecule has 2 nitrogen and oxygen atoms in total. The van der Waals surface area contributed by atoms with E-state index in [1.165, 1.54) is 13.2 Å². The Morgan fingerprint density at radius 3 is 3.08 bits per heavy atom. The molecular formula is C10H12FNO. The minimum atomic E-state index is -0.296. The van der Waals surface area contributed by atoms with Crippen molar-refractivity contribution < 1.29 is 9.13 Å². The fourth-order valence-electron chi connectivity index (χ4n) is 1.69. The van der Waals surface area contributed by atoms with Crippen molar-refractivity contribution in [3.63, 3.8) is 0 Å². The molecule has 2 rings (SSSR count).